The van der Waals surface area contributed by atoms with Crippen molar-refractivity contribution in [1.29, 1.82) is 5.26 Å². The molecule has 0 aliphatic heterocycles. The van der Waals surface area contributed by atoms with Crippen LogP contribution in [0.15, 0.2) is 47.4 Å². The van der Waals surface area contributed by atoms with Crippen LogP contribution < -0.4 is 14.8 Å². The van der Waals surface area contributed by atoms with Crippen molar-refractivity contribution in [2.24, 2.45) is 0 Å². The molecule has 2 aromatic carbocycles. The number of hydrogen-bond donors (Lipinski definition) is 2. The quantitative estimate of drug-likeness (QED) is 0.597. The number of sulfonamides is 1. The molecule has 9 nitrogen and oxygen atoms in total. The van der Waals surface area contributed by atoms with E-state index in [1.165, 1.54) is 26.2 Å². The number of carbonyl (C=O) groups excluding carboxylic acids is 2. The maximum Gasteiger partial charge on any atom is 0.338 e. The monoisotopic (exact) mass is 443 g/mol. The highest BCUT2D eigenvalue weighted by molar-refractivity contribution is 7.89. The number of esters is 1. The van der Waals surface area contributed by atoms with E-state index in [2.05, 4.69) is 10.0 Å². The smallest absolute Gasteiger partial charge is 0.338 e. The lowest BCUT2D eigenvalue weighted by Crippen LogP contribution is -2.30. The topological polar surface area (TPSA) is 135 Å². The highest BCUT2D eigenvalue weighted by atomic mass is 32.2. The molecule has 162 valence electrons. The molecule has 1 aliphatic rings. The molecule has 2 N–H and O–H groups in total. The van der Waals surface area contributed by atoms with Gasteiger partial charge in [-0.15, -0.1) is 0 Å². The van der Waals surface area contributed by atoms with Crippen LogP contribution in [-0.4, -0.2) is 39.5 Å². The molecule has 0 spiro atoms. The predicted octanol–water partition coefficient (Wildman–Crippen LogP) is 2.19. The molecule has 2 aromatic rings. The normalized spacial score (nSPS) is 14.2. The van der Waals surface area contributed by atoms with Gasteiger partial charge in [0.15, 0.2) is 6.10 Å². The second-order valence-electron chi connectivity index (χ2n) is 6.96. The molecule has 1 fully saturated rings. The average molecular weight is 443 g/mol. The van der Waals surface area contributed by atoms with Crippen LogP contribution in [0, 0.1) is 11.3 Å². The van der Waals surface area contributed by atoms with E-state index in [-0.39, 0.29) is 27.8 Å². The third kappa shape index (κ3) is 5.39. The summed E-state index contributed by atoms with van der Waals surface area (Å²) in [7, 11) is -2.55. The summed E-state index contributed by atoms with van der Waals surface area (Å²) in [5.74, 6) is -1.42. The van der Waals surface area contributed by atoms with Crippen LogP contribution in [0.5, 0.6) is 5.75 Å². The van der Waals surface area contributed by atoms with Gasteiger partial charge in [-0.25, -0.2) is 17.9 Å². The maximum absolute atomic E-state index is 12.6. The Morgan fingerprint density at radius 1 is 1.19 bits per heavy atom. The zero-order valence-electron chi connectivity index (χ0n) is 16.9. The first-order valence-electron chi connectivity index (χ1n) is 9.46. The number of nitrogens with zero attached hydrogens (tertiary/aromatic N) is 1. The van der Waals surface area contributed by atoms with Gasteiger partial charge in [0.2, 0.25) is 10.0 Å². The third-order valence-electron chi connectivity index (χ3n) is 4.55. The number of ether oxygens (including phenoxy) is 2. The molecule has 1 unspecified atom stereocenters. The van der Waals surface area contributed by atoms with Gasteiger partial charge in [-0.05, 0) is 50.1 Å². The molecule has 31 heavy (non-hydrogen) atoms. The van der Waals surface area contributed by atoms with Gasteiger partial charge >= 0.3 is 5.97 Å². The molecule has 0 saturated heterocycles. The van der Waals surface area contributed by atoms with E-state index in [0.717, 1.165) is 18.9 Å². The number of amides is 1. The number of methoxy groups -OCH3 is 1. The predicted molar refractivity (Wildman–Crippen MR) is 111 cm³/mol. The number of rotatable bonds is 8. The van der Waals surface area contributed by atoms with Crippen LogP contribution in [0.3, 0.4) is 0 Å². The van der Waals surface area contributed by atoms with Gasteiger partial charge in [0, 0.05) is 6.04 Å². The van der Waals surface area contributed by atoms with E-state index >= 15 is 0 Å². The minimum absolute atomic E-state index is 0.0472. The summed E-state index contributed by atoms with van der Waals surface area (Å²) in [4.78, 5) is 24.7. The Bertz CT molecular complexity index is 1150. The number of anilines is 1. The summed E-state index contributed by atoms with van der Waals surface area (Å²) in [6.45, 7) is 1.37. The number of carbonyl (C=O) groups is 2. The van der Waals surface area contributed by atoms with Crippen molar-refractivity contribution < 1.29 is 27.5 Å². The first kappa shape index (κ1) is 22.3. The molecule has 1 amide bonds. The van der Waals surface area contributed by atoms with E-state index < -0.39 is 28.0 Å². The fourth-order valence-corrected chi connectivity index (χ4v) is 4.20. The van der Waals surface area contributed by atoms with Crippen molar-refractivity contribution in [3.05, 3.63) is 53.6 Å². The van der Waals surface area contributed by atoms with Crippen molar-refractivity contribution in [2.45, 2.75) is 36.8 Å². The molecule has 1 aliphatic carbocycles. The molecular formula is C21H21N3O6S. The van der Waals surface area contributed by atoms with Gasteiger partial charge in [0.05, 0.1) is 23.9 Å². The SMILES string of the molecule is COc1ccc(C(=O)OC(C)C(=O)Nc2ccccc2C#N)cc1S(=O)(=O)NC1CC1. The van der Waals surface area contributed by atoms with Crippen LogP contribution in [-0.2, 0) is 19.6 Å². The Kier molecular flexibility index (Phi) is 6.58. The van der Waals surface area contributed by atoms with Gasteiger partial charge in [-0.1, -0.05) is 12.1 Å². The first-order valence-corrected chi connectivity index (χ1v) is 10.9. The standard InChI is InChI=1S/C21H21N3O6S/c1-13(20(25)23-17-6-4-3-5-15(17)12-22)30-21(26)14-7-10-18(29-2)19(11-14)31(27,28)24-16-8-9-16/h3-7,10-11,13,16,24H,8-9H2,1-2H3,(H,23,25). The summed E-state index contributed by atoms with van der Waals surface area (Å²) in [5.41, 5.74) is 0.512. The van der Waals surface area contributed by atoms with E-state index in [1.807, 2.05) is 6.07 Å². The van der Waals surface area contributed by atoms with Crippen LogP contribution in [0.1, 0.15) is 35.7 Å². The Labute approximate surface area is 180 Å². The average Bonchev–Trinajstić information content (AvgIpc) is 3.56. The minimum atomic E-state index is -3.88. The number of para-hydroxylation sites is 1. The Morgan fingerprint density at radius 3 is 2.55 bits per heavy atom. The summed E-state index contributed by atoms with van der Waals surface area (Å²) in [6.07, 6.45) is 0.321. The molecule has 1 atom stereocenters. The number of nitriles is 1. The molecule has 0 radical (unpaired) electrons. The highest BCUT2D eigenvalue weighted by Gasteiger charge is 2.31. The van der Waals surface area contributed by atoms with Crippen molar-refractivity contribution >= 4 is 27.6 Å². The van der Waals surface area contributed by atoms with Crippen molar-refractivity contribution in [3.63, 3.8) is 0 Å². The minimum Gasteiger partial charge on any atom is -0.495 e. The third-order valence-corrected chi connectivity index (χ3v) is 6.09. The van der Waals surface area contributed by atoms with Crippen LogP contribution in [0.2, 0.25) is 0 Å². The van der Waals surface area contributed by atoms with Gasteiger partial charge in [0.25, 0.3) is 5.91 Å². The molecule has 0 aromatic heterocycles. The van der Waals surface area contributed by atoms with Crippen molar-refractivity contribution in [2.75, 3.05) is 12.4 Å². The zero-order valence-corrected chi connectivity index (χ0v) is 17.7. The summed E-state index contributed by atoms with van der Waals surface area (Å²) >= 11 is 0. The zero-order chi connectivity index (χ0) is 22.6. The van der Waals surface area contributed by atoms with Gasteiger partial charge in [-0.2, -0.15) is 5.26 Å². The summed E-state index contributed by atoms with van der Waals surface area (Å²) in [5, 5.41) is 11.6. The van der Waals surface area contributed by atoms with Crippen LogP contribution in [0.4, 0.5) is 5.69 Å². The fraction of sp³-hybridized carbons (Fsp3) is 0.286. The van der Waals surface area contributed by atoms with Gasteiger partial charge in [0.1, 0.15) is 16.7 Å². The van der Waals surface area contributed by atoms with E-state index in [4.69, 9.17) is 14.7 Å². The number of nitrogens with one attached hydrogen (secondary N) is 2. The van der Waals surface area contributed by atoms with Gasteiger partial charge in [-0.3, -0.25) is 4.79 Å². The largest absolute Gasteiger partial charge is 0.495 e. The second-order valence-corrected chi connectivity index (χ2v) is 8.64. The molecule has 1 saturated carbocycles. The van der Waals surface area contributed by atoms with Crippen LogP contribution >= 0.6 is 0 Å². The number of benzene rings is 2. The van der Waals surface area contributed by atoms with Gasteiger partial charge < -0.3 is 14.8 Å². The van der Waals surface area contributed by atoms with Crippen molar-refractivity contribution in [3.8, 4) is 11.8 Å². The highest BCUT2D eigenvalue weighted by Crippen LogP contribution is 2.28. The molecule has 3 rings (SSSR count). The molecule has 0 bridgehead atoms. The number of hydrogen-bond acceptors (Lipinski definition) is 7. The summed E-state index contributed by atoms with van der Waals surface area (Å²) < 4.78 is 38.0. The molecular weight excluding hydrogens is 422 g/mol. The first-order chi connectivity index (χ1) is 14.7. The van der Waals surface area contributed by atoms with E-state index in [0.29, 0.717) is 5.69 Å². The maximum atomic E-state index is 12.6. The Hall–Kier alpha value is -3.42. The lowest BCUT2D eigenvalue weighted by molar-refractivity contribution is -0.123. The van der Waals surface area contributed by atoms with Crippen molar-refractivity contribution in [1.82, 2.24) is 4.72 Å². The summed E-state index contributed by atoms with van der Waals surface area (Å²) in [6, 6.07) is 12.1. The lowest BCUT2D eigenvalue weighted by Gasteiger charge is -2.15. The van der Waals surface area contributed by atoms with Crippen LogP contribution in [0.25, 0.3) is 0 Å². The fourth-order valence-electron chi connectivity index (χ4n) is 2.70. The second kappa shape index (κ2) is 9.16. The van der Waals surface area contributed by atoms with E-state index in [1.54, 1.807) is 24.3 Å². The Morgan fingerprint density at radius 2 is 1.90 bits per heavy atom. The van der Waals surface area contributed by atoms with E-state index in [9.17, 15) is 18.0 Å². The molecule has 0 heterocycles. The Balaban J connectivity index is 1.74. The lowest BCUT2D eigenvalue weighted by atomic mass is 10.2. The molecule has 10 heteroatoms.